The van der Waals surface area contributed by atoms with Gasteiger partial charge in [0.25, 0.3) is 0 Å². The lowest BCUT2D eigenvalue weighted by atomic mass is 10.2. The molecular weight excluding hydrogens is 263 g/mol. The van der Waals surface area contributed by atoms with E-state index in [-0.39, 0.29) is 0 Å². The lowest BCUT2D eigenvalue weighted by Crippen LogP contribution is -2.19. The third kappa shape index (κ3) is 3.61. The van der Waals surface area contributed by atoms with Crippen LogP contribution in [-0.2, 0) is 13.1 Å². The zero-order valence-corrected chi connectivity index (χ0v) is 11.0. The Bertz CT molecular complexity index is 612. The fourth-order valence-electron chi connectivity index (χ4n) is 1.82. The number of nitro benzene ring substituents is 1. The van der Waals surface area contributed by atoms with Gasteiger partial charge in [0, 0.05) is 25.4 Å². The Morgan fingerprint density at radius 2 is 2.30 bits per heavy atom. The first-order chi connectivity index (χ1) is 9.56. The lowest BCUT2D eigenvalue weighted by molar-refractivity contribution is -0.387. The van der Waals surface area contributed by atoms with E-state index < -0.39 is 16.4 Å². The summed E-state index contributed by atoms with van der Waals surface area (Å²) in [6, 6.07) is 3.92. The summed E-state index contributed by atoms with van der Waals surface area (Å²) >= 11 is 0. The molecule has 0 saturated carbocycles. The van der Waals surface area contributed by atoms with Crippen molar-refractivity contribution in [2.45, 2.75) is 20.0 Å². The van der Waals surface area contributed by atoms with Gasteiger partial charge in [-0.1, -0.05) is 6.07 Å². The monoisotopic (exact) mass is 278 g/mol. The minimum Gasteiger partial charge on any atom is -0.311 e. The first kappa shape index (κ1) is 14.1. The topological polar surface area (TPSA) is 73.0 Å². The van der Waals surface area contributed by atoms with Crippen LogP contribution in [0.2, 0.25) is 0 Å². The van der Waals surface area contributed by atoms with Crippen LogP contribution in [0.5, 0.6) is 0 Å². The maximum Gasteiger partial charge on any atom is 0.304 e. The van der Waals surface area contributed by atoms with Crippen molar-refractivity contribution >= 4 is 5.69 Å². The number of hydrogen-bond donors (Lipinski definition) is 1. The van der Waals surface area contributed by atoms with Crippen LogP contribution in [0.4, 0.5) is 10.1 Å². The van der Waals surface area contributed by atoms with Gasteiger partial charge in [0.1, 0.15) is 0 Å². The molecule has 1 aromatic carbocycles. The van der Waals surface area contributed by atoms with Crippen LogP contribution in [0.15, 0.2) is 30.6 Å². The van der Waals surface area contributed by atoms with Gasteiger partial charge in [-0.15, -0.1) is 0 Å². The molecule has 0 unspecified atom stereocenters. The second kappa shape index (κ2) is 6.25. The predicted molar refractivity (Wildman–Crippen MR) is 71.7 cm³/mol. The van der Waals surface area contributed by atoms with Gasteiger partial charge in [0.05, 0.1) is 17.7 Å². The minimum absolute atomic E-state index is 0.454. The summed E-state index contributed by atoms with van der Waals surface area (Å²) in [5.41, 5.74) is 1.27. The summed E-state index contributed by atoms with van der Waals surface area (Å²) < 4.78 is 15.2. The van der Waals surface area contributed by atoms with E-state index in [4.69, 9.17) is 0 Å². The van der Waals surface area contributed by atoms with E-state index in [1.54, 1.807) is 12.3 Å². The highest BCUT2D eigenvalue weighted by Gasteiger charge is 2.13. The van der Waals surface area contributed by atoms with Crippen LogP contribution < -0.4 is 5.32 Å². The molecule has 0 radical (unpaired) electrons. The van der Waals surface area contributed by atoms with Crippen LogP contribution in [0.25, 0.3) is 0 Å². The number of nitro groups is 1. The molecule has 0 bridgehead atoms. The fraction of sp³-hybridized carbons (Fsp3) is 0.308. The molecule has 0 amide bonds. The van der Waals surface area contributed by atoms with Crippen molar-refractivity contribution < 1.29 is 9.31 Å². The van der Waals surface area contributed by atoms with Crippen LogP contribution >= 0.6 is 0 Å². The van der Waals surface area contributed by atoms with E-state index in [2.05, 4.69) is 10.4 Å². The Morgan fingerprint density at radius 1 is 1.50 bits per heavy atom. The van der Waals surface area contributed by atoms with Gasteiger partial charge in [0.2, 0.25) is 5.82 Å². The van der Waals surface area contributed by atoms with Crippen molar-refractivity contribution in [3.63, 3.8) is 0 Å². The highest BCUT2D eigenvalue weighted by molar-refractivity contribution is 5.34. The van der Waals surface area contributed by atoms with Crippen LogP contribution in [-0.4, -0.2) is 21.2 Å². The molecule has 0 aliphatic heterocycles. The number of halogens is 1. The second-order valence-corrected chi connectivity index (χ2v) is 4.50. The van der Waals surface area contributed by atoms with Crippen molar-refractivity contribution in [2.24, 2.45) is 0 Å². The van der Waals surface area contributed by atoms with Gasteiger partial charge in [-0.2, -0.15) is 9.49 Å². The third-order valence-corrected chi connectivity index (χ3v) is 2.82. The van der Waals surface area contributed by atoms with Gasteiger partial charge in [-0.3, -0.25) is 14.8 Å². The van der Waals surface area contributed by atoms with E-state index in [9.17, 15) is 14.5 Å². The van der Waals surface area contributed by atoms with Gasteiger partial charge in [-0.25, -0.2) is 0 Å². The predicted octanol–water partition coefficient (Wildman–Crippen LogP) is 2.03. The zero-order chi connectivity index (χ0) is 14.5. The van der Waals surface area contributed by atoms with E-state index in [0.717, 1.165) is 5.56 Å². The second-order valence-electron chi connectivity index (χ2n) is 4.50. The number of rotatable bonds is 6. The summed E-state index contributed by atoms with van der Waals surface area (Å²) in [6.07, 6.45) is 3.72. The Labute approximate surface area is 115 Å². The number of aromatic nitrogens is 2. The van der Waals surface area contributed by atoms with Crippen LogP contribution in [0, 0.1) is 22.9 Å². The molecular formula is C13H15FN4O2. The van der Waals surface area contributed by atoms with E-state index in [1.165, 1.54) is 12.1 Å². The number of nitrogens with one attached hydrogen (secondary N) is 1. The molecule has 0 aliphatic carbocycles. The molecule has 0 fully saturated rings. The fourth-order valence-corrected chi connectivity index (χ4v) is 1.82. The minimum atomic E-state index is -0.808. The number of hydrogen-bond acceptors (Lipinski definition) is 4. The molecule has 0 saturated heterocycles. The summed E-state index contributed by atoms with van der Waals surface area (Å²) in [7, 11) is 0. The quantitative estimate of drug-likeness (QED) is 0.498. The normalized spacial score (nSPS) is 10.7. The molecule has 0 atom stereocenters. The van der Waals surface area contributed by atoms with E-state index in [1.807, 2.05) is 17.8 Å². The summed E-state index contributed by atoms with van der Waals surface area (Å²) in [5.74, 6) is -0.808. The molecule has 1 aromatic heterocycles. The average molecular weight is 278 g/mol. The van der Waals surface area contributed by atoms with Crippen molar-refractivity contribution in [2.75, 3.05) is 6.54 Å². The molecule has 20 heavy (non-hydrogen) atoms. The SMILES string of the molecule is Cc1cnn(CCNCc2ccc([N+](=O)[O-])c(F)c2)c1. The van der Waals surface area contributed by atoms with Crippen molar-refractivity contribution in [3.05, 3.63) is 57.7 Å². The average Bonchev–Trinajstić information content (AvgIpc) is 2.80. The maximum atomic E-state index is 13.4. The Kier molecular flexibility index (Phi) is 4.41. The number of aryl methyl sites for hydroxylation is 1. The standard InChI is InChI=1S/C13H15FN4O2/c1-10-7-16-17(9-10)5-4-15-8-11-2-3-13(18(19)20)12(14)6-11/h2-3,6-7,9,15H,4-5,8H2,1H3. The van der Waals surface area contributed by atoms with Crippen molar-refractivity contribution in [1.82, 2.24) is 15.1 Å². The largest absolute Gasteiger partial charge is 0.311 e. The molecule has 106 valence electrons. The van der Waals surface area contributed by atoms with E-state index >= 15 is 0 Å². The summed E-state index contributed by atoms with van der Waals surface area (Å²) in [5, 5.41) is 17.8. The first-order valence-corrected chi connectivity index (χ1v) is 6.19. The molecule has 0 aliphatic rings. The molecule has 2 rings (SSSR count). The first-order valence-electron chi connectivity index (χ1n) is 6.19. The van der Waals surface area contributed by atoms with Crippen LogP contribution in [0.1, 0.15) is 11.1 Å². The molecule has 1 heterocycles. The van der Waals surface area contributed by atoms with Gasteiger partial charge < -0.3 is 5.32 Å². The number of nitrogens with zero attached hydrogens (tertiary/aromatic N) is 3. The maximum absolute atomic E-state index is 13.4. The summed E-state index contributed by atoms with van der Waals surface area (Å²) in [6.45, 7) is 3.81. The lowest BCUT2D eigenvalue weighted by Gasteiger charge is -2.05. The third-order valence-electron chi connectivity index (χ3n) is 2.82. The number of benzene rings is 1. The molecule has 7 heteroatoms. The van der Waals surface area contributed by atoms with E-state index in [0.29, 0.717) is 25.2 Å². The highest BCUT2D eigenvalue weighted by Crippen LogP contribution is 2.17. The molecule has 2 aromatic rings. The van der Waals surface area contributed by atoms with Crippen LogP contribution in [0.3, 0.4) is 0 Å². The highest BCUT2D eigenvalue weighted by atomic mass is 19.1. The molecule has 0 spiro atoms. The van der Waals surface area contributed by atoms with Gasteiger partial charge >= 0.3 is 5.69 Å². The Balaban J connectivity index is 1.82. The van der Waals surface area contributed by atoms with Gasteiger partial charge in [0.15, 0.2) is 0 Å². The molecule has 1 N–H and O–H groups in total. The Morgan fingerprint density at radius 3 is 2.90 bits per heavy atom. The van der Waals surface area contributed by atoms with Crippen molar-refractivity contribution in [1.29, 1.82) is 0 Å². The molecule has 6 nitrogen and oxygen atoms in total. The van der Waals surface area contributed by atoms with Gasteiger partial charge in [-0.05, 0) is 24.1 Å². The summed E-state index contributed by atoms with van der Waals surface area (Å²) in [4.78, 5) is 9.76. The zero-order valence-electron chi connectivity index (χ0n) is 11.0. The Hall–Kier alpha value is -2.28. The van der Waals surface area contributed by atoms with Crippen molar-refractivity contribution in [3.8, 4) is 0 Å². The smallest absolute Gasteiger partial charge is 0.304 e.